The number of carbonyl (C=O) groups is 1. The average Bonchev–Trinajstić information content (AvgIpc) is 3.31. The zero-order valence-electron chi connectivity index (χ0n) is 28.6. The molecule has 1 N–H and O–H groups in total. The maximum absolute atomic E-state index is 11.7. The smallest absolute Gasteiger partial charge is 0.162 e. The van der Waals surface area contributed by atoms with E-state index in [1.165, 1.54) is 43.6 Å². The van der Waals surface area contributed by atoms with Crippen LogP contribution in [0.15, 0.2) is 48.4 Å². The van der Waals surface area contributed by atoms with E-state index in [1.54, 1.807) is 4.50 Å². The number of hydrogen-bond donors (Lipinski definition) is 1. The number of nitrogens with zero attached hydrogens (tertiary/aromatic N) is 1. The van der Waals surface area contributed by atoms with Gasteiger partial charge >= 0.3 is 0 Å². The molecule has 4 aromatic rings. The van der Waals surface area contributed by atoms with Crippen molar-refractivity contribution >= 4 is 50.6 Å². The number of aromatic nitrogens is 1. The van der Waals surface area contributed by atoms with E-state index in [0.717, 1.165) is 36.9 Å². The van der Waals surface area contributed by atoms with Gasteiger partial charge in [-0.1, -0.05) is 89.8 Å². The van der Waals surface area contributed by atoms with Crippen molar-refractivity contribution in [2.45, 2.75) is 107 Å². The number of aliphatic hydroxyl groups is 1. The number of benzene rings is 2. The van der Waals surface area contributed by atoms with E-state index in [9.17, 15) is 9.90 Å². The Kier molecular flexibility index (Phi) is 14.2. The molecule has 2 heterocycles. The maximum atomic E-state index is 11.7. The van der Waals surface area contributed by atoms with Crippen molar-refractivity contribution in [2.24, 2.45) is 11.8 Å². The van der Waals surface area contributed by atoms with Crippen molar-refractivity contribution in [1.29, 1.82) is 0 Å². The van der Waals surface area contributed by atoms with Crippen molar-refractivity contribution in [2.75, 3.05) is 0 Å². The molecule has 0 aliphatic carbocycles. The first-order valence-electron chi connectivity index (χ1n) is 16.1. The Bertz CT molecular complexity index is 1590. The summed E-state index contributed by atoms with van der Waals surface area (Å²) in [6.07, 6.45) is 6.87. The van der Waals surface area contributed by atoms with E-state index in [-0.39, 0.29) is 43.5 Å². The minimum Gasteiger partial charge on any atom is -0.512 e. The minimum absolute atomic E-state index is 0. The summed E-state index contributed by atoms with van der Waals surface area (Å²) >= 11 is 1.95. The monoisotopic (exact) mass is 807 g/mol. The summed E-state index contributed by atoms with van der Waals surface area (Å²) in [5.74, 6) is 1.01. The van der Waals surface area contributed by atoms with Crippen LogP contribution in [0.5, 0.6) is 0 Å². The number of carbonyl (C=O) groups excluding carboxylic acids is 1. The largest absolute Gasteiger partial charge is 0.512 e. The van der Waals surface area contributed by atoms with Gasteiger partial charge < -0.3 is 5.11 Å². The molecule has 0 unspecified atom stereocenters. The third kappa shape index (κ3) is 8.78. The number of rotatable bonds is 10. The molecular weight excluding hydrogens is 755 g/mol. The van der Waals surface area contributed by atoms with E-state index in [4.69, 9.17) is 4.98 Å². The van der Waals surface area contributed by atoms with Gasteiger partial charge in [0, 0.05) is 54.6 Å². The summed E-state index contributed by atoms with van der Waals surface area (Å²) in [4.78, 5) is 16.6. The van der Waals surface area contributed by atoms with Crippen molar-refractivity contribution in [3.63, 3.8) is 0 Å². The van der Waals surface area contributed by atoms with Crippen LogP contribution in [-0.2, 0) is 24.9 Å². The zero-order chi connectivity index (χ0) is 32.1. The van der Waals surface area contributed by atoms with Gasteiger partial charge in [-0.05, 0) is 67.0 Å². The quantitative estimate of drug-likeness (QED) is 0.0752. The van der Waals surface area contributed by atoms with Crippen LogP contribution in [0, 0.1) is 31.7 Å². The standard InChI is InChI=1S/C25H28NSSi.C13H24O2.Ir/c1-15(2)22-14-19(13-18-12-16(3)8-9-21(18)22)23-24-20(10-11-26-23)17(4)25(27-24)28(5,6)7;1-5-10(6-2)12(14)9-13(15)11(7-3)8-4;/h8-12,14-15H,1-7H3;9-11,14H,5-8H2,1-4H3;/q-1;;/b;12-9-;. The summed E-state index contributed by atoms with van der Waals surface area (Å²) in [5, 5.41) is 13.6. The van der Waals surface area contributed by atoms with E-state index >= 15 is 0 Å². The molecule has 4 rings (SSSR count). The minimum atomic E-state index is -1.38. The summed E-state index contributed by atoms with van der Waals surface area (Å²) in [6.45, 7) is 24.3. The fourth-order valence-electron chi connectivity index (χ4n) is 5.87. The van der Waals surface area contributed by atoms with Crippen LogP contribution in [0.3, 0.4) is 0 Å². The predicted molar refractivity (Wildman–Crippen MR) is 192 cm³/mol. The Labute approximate surface area is 285 Å². The molecule has 2 aromatic carbocycles. The van der Waals surface area contributed by atoms with E-state index in [1.807, 2.05) is 45.2 Å². The van der Waals surface area contributed by atoms with Crippen LogP contribution in [0.4, 0.5) is 0 Å². The Balaban J connectivity index is 0.000000363. The average molecular weight is 807 g/mol. The van der Waals surface area contributed by atoms with Gasteiger partial charge in [0.1, 0.15) is 0 Å². The molecule has 6 heteroatoms. The van der Waals surface area contributed by atoms with Crippen molar-refractivity contribution in [1.82, 2.24) is 4.98 Å². The maximum Gasteiger partial charge on any atom is 0.162 e. The molecule has 3 nitrogen and oxygen atoms in total. The second-order valence-electron chi connectivity index (χ2n) is 13.2. The second kappa shape index (κ2) is 16.4. The van der Waals surface area contributed by atoms with Gasteiger partial charge in [-0.25, -0.2) is 0 Å². The molecule has 1 radical (unpaired) electrons. The van der Waals surface area contributed by atoms with Crippen LogP contribution in [0.1, 0.15) is 89.8 Å². The van der Waals surface area contributed by atoms with Crippen LogP contribution < -0.4 is 4.50 Å². The van der Waals surface area contributed by atoms with E-state index in [0.29, 0.717) is 5.92 Å². The van der Waals surface area contributed by atoms with Gasteiger partial charge in [0.15, 0.2) is 5.78 Å². The Morgan fingerprint density at radius 2 is 1.57 bits per heavy atom. The number of ketones is 1. The third-order valence-corrected chi connectivity index (χ3v) is 13.6. The fourth-order valence-corrected chi connectivity index (χ4v) is 9.72. The number of hydrogen-bond acceptors (Lipinski definition) is 4. The van der Waals surface area contributed by atoms with E-state index in [2.05, 4.69) is 83.7 Å². The summed E-state index contributed by atoms with van der Waals surface area (Å²) in [6, 6.07) is 14.9. The Hall–Kier alpha value is -2.11. The predicted octanol–water partition coefficient (Wildman–Crippen LogP) is 11.1. The van der Waals surface area contributed by atoms with Gasteiger partial charge in [-0.3, -0.25) is 9.78 Å². The molecule has 0 amide bonds. The molecule has 0 atom stereocenters. The van der Waals surface area contributed by atoms with Crippen LogP contribution in [0.2, 0.25) is 19.6 Å². The fraction of sp³-hybridized carbons (Fsp3) is 0.474. The molecule has 0 aliphatic rings. The molecule has 241 valence electrons. The van der Waals surface area contributed by atoms with Gasteiger partial charge in [0.2, 0.25) is 0 Å². The van der Waals surface area contributed by atoms with Crippen LogP contribution in [-0.4, -0.2) is 23.9 Å². The van der Waals surface area contributed by atoms with Crippen molar-refractivity contribution < 1.29 is 30.0 Å². The molecule has 0 fully saturated rings. The van der Waals surface area contributed by atoms with E-state index < -0.39 is 8.07 Å². The Morgan fingerprint density at radius 3 is 2.11 bits per heavy atom. The molecule has 0 aliphatic heterocycles. The first-order chi connectivity index (χ1) is 20.3. The Morgan fingerprint density at radius 1 is 0.955 bits per heavy atom. The van der Waals surface area contributed by atoms with Crippen molar-refractivity contribution in [3.8, 4) is 11.3 Å². The summed E-state index contributed by atoms with van der Waals surface area (Å²) in [5.41, 5.74) is 6.30. The molecule has 0 spiro atoms. The summed E-state index contributed by atoms with van der Waals surface area (Å²) in [7, 11) is -1.38. The number of aliphatic hydroxyl groups excluding tert-OH is 1. The first-order valence-corrected chi connectivity index (χ1v) is 20.4. The zero-order valence-corrected chi connectivity index (χ0v) is 32.9. The normalized spacial score (nSPS) is 12.2. The molecule has 44 heavy (non-hydrogen) atoms. The first kappa shape index (κ1) is 38.1. The van der Waals surface area contributed by atoms with Gasteiger partial charge in [0.05, 0.1) is 13.8 Å². The molecule has 0 bridgehead atoms. The topological polar surface area (TPSA) is 50.2 Å². The SMILES string of the molecule is CCC(CC)C(=O)/C=C(\O)C(CC)CC.Cc1ccc2c(C(C)C)cc(-c3nccc4c(C)c([Si](C)(C)C)sc34)[c-]c2c1.[Ir]. The van der Waals surface area contributed by atoms with Gasteiger partial charge in [0.25, 0.3) is 0 Å². The molecule has 0 saturated carbocycles. The number of allylic oxidation sites excluding steroid dienone is 2. The molecule has 2 aromatic heterocycles. The van der Waals surface area contributed by atoms with Crippen molar-refractivity contribution in [3.05, 3.63) is 71.1 Å². The van der Waals surface area contributed by atoms with Crippen LogP contribution in [0.25, 0.3) is 32.1 Å². The van der Waals surface area contributed by atoms with Gasteiger partial charge in [-0.2, -0.15) is 11.3 Å². The second-order valence-corrected chi connectivity index (χ2v) is 19.6. The number of thiophene rings is 1. The number of aryl methyl sites for hydroxylation is 2. The van der Waals surface area contributed by atoms with Crippen LogP contribution >= 0.6 is 11.3 Å². The number of fused-ring (bicyclic) bond motifs is 2. The number of pyridine rings is 1. The molecule has 0 saturated heterocycles. The summed E-state index contributed by atoms with van der Waals surface area (Å²) < 4.78 is 2.90. The third-order valence-electron chi connectivity index (χ3n) is 8.55. The van der Waals surface area contributed by atoms with Gasteiger partial charge in [-0.15, -0.1) is 29.1 Å². The molecular formula is C38H52IrNO2SSi-.